The number of likely N-dealkylation sites (tertiary alicyclic amines) is 1. The van der Waals surface area contributed by atoms with Gasteiger partial charge in [-0.2, -0.15) is 0 Å². The average Bonchev–Trinajstić information content (AvgIpc) is 3.71. The third kappa shape index (κ3) is 7.13. The van der Waals surface area contributed by atoms with Crippen LogP contribution in [0.3, 0.4) is 0 Å². The normalized spacial score (nSPS) is 24.3. The molecule has 4 unspecified atom stereocenters. The molecule has 0 aromatic heterocycles. The Labute approximate surface area is 259 Å². The van der Waals surface area contributed by atoms with Crippen LogP contribution in [-0.2, 0) is 19.6 Å². The number of carbonyl (C=O) groups is 2. The number of hydrogen-bond donors (Lipinski definition) is 3. The molecule has 2 aliphatic rings. The Balaban J connectivity index is 1.79. The first kappa shape index (κ1) is 32.7. The number of halogens is 2. The van der Waals surface area contributed by atoms with Crippen LogP contribution in [0, 0.1) is 5.41 Å². The van der Waals surface area contributed by atoms with Crippen LogP contribution in [0.15, 0.2) is 48.5 Å². The van der Waals surface area contributed by atoms with Crippen LogP contribution in [0.4, 0.5) is 0 Å². The Hall–Kier alpha value is -2.17. The van der Waals surface area contributed by atoms with E-state index in [1.807, 2.05) is 44.2 Å². The Morgan fingerprint density at radius 1 is 1.10 bits per heavy atom. The molecule has 1 aliphatic carbocycles. The zero-order chi connectivity index (χ0) is 30.7. The van der Waals surface area contributed by atoms with Crippen LogP contribution in [0.1, 0.15) is 82.4 Å². The van der Waals surface area contributed by atoms with Crippen molar-refractivity contribution in [3.05, 3.63) is 69.7 Å². The van der Waals surface area contributed by atoms with Crippen molar-refractivity contribution in [3.8, 4) is 0 Å². The van der Waals surface area contributed by atoms with Gasteiger partial charge < -0.3 is 15.3 Å². The van der Waals surface area contributed by atoms with Gasteiger partial charge in [0.15, 0.2) is 0 Å². The van der Waals surface area contributed by atoms with Crippen molar-refractivity contribution in [2.45, 2.75) is 82.0 Å². The maximum absolute atomic E-state index is 14.6. The molecule has 4 atom stereocenters. The summed E-state index contributed by atoms with van der Waals surface area (Å²) in [6.07, 6.45) is 2.46. The van der Waals surface area contributed by atoms with Crippen molar-refractivity contribution in [3.63, 3.8) is 0 Å². The lowest BCUT2D eigenvalue weighted by Crippen LogP contribution is -2.58. The van der Waals surface area contributed by atoms with Gasteiger partial charge in [-0.15, -0.1) is 0 Å². The number of benzene rings is 2. The van der Waals surface area contributed by atoms with E-state index in [9.17, 15) is 18.0 Å². The Bertz CT molecular complexity index is 1380. The van der Waals surface area contributed by atoms with E-state index in [0.29, 0.717) is 48.7 Å². The number of rotatable bonds is 13. The predicted octanol–water partition coefficient (Wildman–Crippen LogP) is 5.20. The number of sulfonamides is 1. The molecule has 2 fully saturated rings. The number of amides is 2. The quantitative estimate of drug-likeness (QED) is 0.261. The molecule has 0 radical (unpaired) electrons. The minimum atomic E-state index is -3.57. The van der Waals surface area contributed by atoms with Gasteiger partial charge in [-0.3, -0.25) is 9.59 Å². The van der Waals surface area contributed by atoms with Gasteiger partial charge in [-0.1, -0.05) is 61.3 Å². The molecule has 42 heavy (non-hydrogen) atoms. The van der Waals surface area contributed by atoms with Crippen molar-refractivity contribution in [2.24, 2.45) is 5.41 Å². The van der Waals surface area contributed by atoms with Crippen LogP contribution < -0.4 is 10.0 Å². The molecule has 11 heteroatoms. The van der Waals surface area contributed by atoms with Crippen LogP contribution in [0.25, 0.3) is 0 Å². The van der Waals surface area contributed by atoms with Gasteiger partial charge in [-0.05, 0) is 74.4 Å². The smallest absolute Gasteiger partial charge is 0.229 e. The summed E-state index contributed by atoms with van der Waals surface area (Å²) >= 11 is 12.7. The van der Waals surface area contributed by atoms with E-state index in [2.05, 4.69) is 10.0 Å². The van der Waals surface area contributed by atoms with E-state index < -0.39 is 32.3 Å². The summed E-state index contributed by atoms with van der Waals surface area (Å²) in [6.45, 7) is 5.81. The fourth-order valence-corrected chi connectivity index (χ4v) is 7.66. The van der Waals surface area contributed by atoms with Gasteiger partial charge in [-0.25, -0.2) is 13.1 Å². The zero-order valence-electron chi connectivity index (χ0n) is 24.4. The van der Waals surface area contributed by atoms with Crippen molar-refractivity contribution in [1.29, 1.82) is 0 Å². The van der Waals surface area contributed by atoms with E-state index in [-0.39, 0.29) is 37.3 Å². The number of nitrogens with zero attached hydrogens (tertiary/aromatic N) is 1. The number of hydrogen-bond acceptors (Lipinski definition) is 5. The number of aliphatic hydroxyl groups excluding tert-OH is 1. The van der Waals surface area contributed by atoms with Crippen LogP contribution >= 0.6 is 23.2 Å². The van der Waals surface area contributed by atoms with E-state index in [1.165, 1.54) is 0 Å². The van der Waals surface area contributed by atoms with Crippen molar-refractivity contribution < 1.29 is 23.1 Å². The number of carbonyl (C=O) groups excluding carboxylic acids is 2. The van der Waals surface area contributed by atoms with Gasteiger partial charge >= 0.3 is 0 Å². The molecule has 0 bridgehead atoms. The molecule has 0 spiro atoms. The molecule has 2 aromatic carbocycles. The molecule has 8 nitrogen and oxygen atoms in total. The standard InChI is InChI=1S/C31H41Cl2N3O5S/c1-4-25(20-35-42(40,41)31(3)13-14-31)36-28(21-9-11-23(32)12-10-21)26(22-7-5-8-24(33)17-22)18-30(2,29(36)39)19-27(38)34-15-6-16-37/h5,7-12,17,25-26,28,35,37H,4,6,13-16,18-20H2,1-3H3,(H,34,38). The topological polar surface area (TPSA) is 116 Å². The summed E-state index contributed by atoms with van der Waals surface area (Å²) in [5.74, 6) is -0.726. The lowest BCUT2D eigenvalue weighted by molar-refractivity contribution is -0.157. The highest BCUT2D eigenvalue weighted by molar-refractivity contribution is 7.91. The maximum Gasteiger partial charge on any atom is 0.229 e. The molecule has 1 saturated heterocycles. The predicted molar refractivity (Wildman–Crippen MR) is 166 cm³/mol. The Kier molecular flexibility index (Phi) is 10.3. The third-order valence-electron chi connectivity index (χ3n) is 8.77. The highest BCUT2D eigenvalue weighted by Crippen LogP contribution is 2.52. The fourth-order valence-electron chi connectivity index (χ4n) is 5.94. The molecule has 2 aromatic rings. The monoisotopic (exact) mass is 637 g/mol. The highest BCUT2D eigenvalue weighted by atomic mass is 35.5. The van der Waals surface area contributed by atoms with Crippen molar-refractivity contribution >= 4 is 45.0 Å². The lowest BCUT2D eigenvalue weighted by atomic mass is 9.67. The first-order valence-corrected chi connectivity index (χ1v) is 16.8. The minimum absolute atomic E-state index is 0.0433. The molecule has 4 rings (SSSR count). The summed E-state index contributed by atoms with van der Waals surface area (Å²) < 4.78 is 28.2. The summed E-state index contributed by atoms with van der Waals surface area (Å²) in [4.78, 5) is 29.5. The molecular weight excluding hydrogens is 597 g/mol. The van der Waals surface area contributed by atoms with Gasteiger partial charge in [0.1, 0.15) is 0 Å². The summed E-state index contributed by atoms with van der Waals surface area (Å²) in [7, 11) is -3.57. The maximum atomic E-state index is 14.6. The second kappa shape index (κ2) is 13.2. The third-order valence-corrected chi connectivity index (χ3v) is 11.5. The van der Waals surface area contributed by atoms with Crippen LogP contribution in [-0.4, -0.2) is 60.7 Å². The molecule has 1 saturated carbocycles. The van der Waals surface area contributed by atoms with Gasteiger partial charge in [0.2, 0.25) is 21.8 Å². The molecule has 3 N–H and O–H groups in total. The van der Waals surface area contributed by atoms with E-state index in [0.717, 1.165) is 11.1 Å². The number of piperidine rings is 1. The van der Waals surface area contributed by atoms with Gasteiger partial charge in [0, 0.05) is 48.1 Å². The molecule has 230 valence electrons. The van der Waals surface area contributed by atoms with Crippen LogP contribution in [0.5, 0.6) is 0 Å². The van der Waals surface area contributed by atoms with Gasteiger partial charge in [0.25, 0.3) is 0 Å². The summed E-state index contributed by atoms with van der Waals surface area (Å²) in [5.41, 5.74) is 0.712. The number of aliphatic hydroxyl groups is 1. The highest BCUT2D eigenvalue weighted by Gasteiger charge is 2.53. The first-order chi connectivity index (χ1) is 19.8. The molecular formula is C31H41Cl2N3O5S. The molecule has 1 aliphatic heterocycles. The Morgan fingerprint density at radius 3 is 2.38 bits per heavy atom. The summed E-state index contributed by atoms with van der Waals surface area (Å²) in [5, 5.41) is 13.1. The van der Waals surface area contributed by atoms with Crippen LogP contribution in [0.2, 0.25) is 10.0 Å². The zero-order valence-corrected chi connectivity index (χ0v) is 26.7. The number of nitrogens with one attached hydrogen (secondary N) is 2. The second-order valence-electron chi connectivity index (χ2n) is 12.1. The summed E-state index contributed by atoms with van der Waals surface area (Å²) in [6, 6.07) is 14.0. The van der Waals surface area contributed by atoms with Crippen molar-refractivity contribution in [2.75, 3.05) is 19.7 Å². The second-order valence-corrected chi connectivity index (χ2v) is 15.3. The average molecular weight is 639 g/mol. The van der Waals surface area contributed by atoms with E-state index in [1.54, 1.807) is 30.0 Å². The minimum Gasteiger partial charge on any atom is -0.396 e. The fraction of sp³-hybridized carbons (Fsp3) is 0.548. The Morgan fingerprint density at radius 2 is 1.79 bits per heavy atom. The SMILES string of the molecule is CCC(CNS(=O)(=O)C1(C)CC1)N1C(=O)C(C)(CC(=O)NCCCO)CC(c2cccc(Cl)c2)C1c1ccc(Cl)cc1. The van der Waals surface area contributed by atoms with E-state index >= 15 is 0 Å². The molecule has 1 heterocycles. The molecule has 2 amide bonds. The van der Waals surface area contributed by atoms with Crippen molar-refractivity contribution in [1.82, 2.24) is 14.9 Å². The first-order valence-electron chi connectivity index (χ1n) is 14.5. The largest absolute Gasteiger partial charge is 0.396 e. The van der Waals surface area contributed by atoms with E-state index in [4.69, 9.17) is 28.3 Å². The lowest BCUT2D eigenvalue weighted by Gasteiger charge is -2.52. The van der Waals surface area contributed by atoms with Gasteiger partial charge in [0.05, 0.1) is 16.2 Å².